The van der Waals surface area contributed by atoms with Gasteiger partial charge < -0.3 is 10.6 Å². The van der Waals surface area contributed by atoms with Gasteiger partial charge in [0.05, 0.1) is 6.42 Å². The van der Waals surface area contributed by atoms with E-state index in [4.69, 9.17) is 0 Å². The molecule has 4 heteroatoms. The van der Waals surface area contributed by atoms with Crippen molar-refractivity contribution in [2.45, 2.75) is 6.42 Å². The Morgan fingerprint density at radius 1 is 1.44 bits per heavy atom. The van der Waals surface area contributed by atoms with Gasteiger partial charge in [-0.05, 0) is 11.6 Å². The van der Waals surface area contributed by atoms with E-state index >= 15 is 0 Å². The molecule has 1 aliphatic rings. The second-order valence-electron chi connectivity index (χ2n) is 4.10. The van der Waals surface area contributed by atoms with Gasteiger partial charge in [-0.3, -0.25) is 4.79 Å². The average molecular weight is 283 g/mol. The molecule has 1 heterocycles. The Hall–Kier alpha value is -0.870. The van der Waals surface area contributed by atoms with Crippen LogP contribution in [0, 0.1) is 5.92 Å². The summed E-state index contributed by atoms with van der Waals surface area (Å²) in [6, 6.07) is 7.82. The SMILES string of the molecule is O=C(Cc1ccccc1Br)NCC1CNC1. The lowest BCUT2D eigenvalue weighted by Crippen LogP contribution is -2.48. The maximum Gasteiger partial charge on any atom is 0.224 e. The normalized spacial score (nSPS) is 15.6. The molecule has 1 aromatic carbocycles. The lowest BCUT2D eigenvalue weighted by atomic mass is 10.0. The van der Waals surface area contributed by atoms with Crippen molar-refractivity contribution in [3.8, 4) is 0 Å². The Kier molecular flexibility index (Phi) is 3.96. The third kappa shape index (κ3) is 3.06. The molecule has 1 amide bonds. The molecule has 0 spiro atoms. The lowest BCUT2D eigenvalue weighted by molar-refractivity contribution is -0.120. The van der Waals surface area contributed by atoms with Gasteiger partial charge in [-0.25, -0.2) is 0 Å². The van der Waals surface area contributed by atoms with E-state index in [2.05, 4.69) is 26.6 Å². The first-order valence-electron chi connectivity index (χ1n) is 5.46. The van der Waals surface area contributed by atoms with E-state index in [1.165, 1.54) is 0 Å². The van der Waals surface area contributed by atoms with Crippen LogP contribution >= 0.6 is 15.9 Å². The third-order valence-electron chi connectivity index (χ3n) is 2.76. The molecule has 0 bridgehead atoms. The first-order chi connectivity index (χ1) is 7.75. The van der Waals surface area contributed by atoms with Crippen molar-refractivity contribution in [3.63, 3.8) is 0 Å². The predicted octanol–water partition coefficient (Wildman–Crippen LogP) is 1.33. The number of carbonyl (C=O) groups excluding carboxylic acids is 1. The Morgan fingerprint density at radius 3 is 2.81 bits per heavy atom. The highest BCUT2D eigenvalue weighted by Crippen LogP contribution is 2.16. The fourth-order valence-corrected chi connectivity index (χ4v) is 2.05. The zero-order valence-corrected chi connectivity index (χ0v) is 10.6. The predicted molar refractivity (Wildman–Crippen MR) is 67.2 cm³/mol. The largest absolute Gasteiger partial charge is 0.355 e. The highest BCUT2D eigenvalue weighted by molar-refractivity contribution is 9.10. The van der Waals surface area contributed by atoms with Crippen molar-refractivity contribution in [1.82, 2.24) is 10.6 Å². The molecule has 16 heavy (non-hydrogen) atoms. The first-order valence-corrected chi connectivity index (χ1v) is 6.26. The molecule has 0 radical (unpaired) electrons. The van der Waals surface area contributed by atoms with Crippen LogP contribution < -0.4 is 10.6 Å². The van der Waals surface area contributed by atoms with Crippen LogP contribution in [0.1, 0.15) is 5.56 Å². The highest BCUT2D eigenvalue weighted by Gasteiger charge is 2.17. The van der Waals surface area contributed by atoms with Crippen molar-refractivity contribution < 1.29 is 4.79 Å². The summed E-state index contributed by atoms with van der Waals surface area (Å²) in [7, 11) is 0. The van der Waals surface area contributed by atoms with Gasteiger partial charge in [0.15, 0.2) is 0 Å². The molecule has 1 fully saturated rings. The number of nitrogens with one attached hydrogen (secondary N) is 2. The molecular formula is C12H15BrN2O. The molecule has 1 aliphatic heterocycles. The number of rotatable bonds is 4. The van der Waals surface area contributed by atoms with Crippen molar-refractivity contribution in [2.24, 2.45) is 5.92 Å². The maximum absolute atomic E-state index is 11.7. The number of hydrogen-bond donors (Lipinski definition) is 2. The van der Waals surface area contributed by atoms with Crippen LogP contribution in [-0.4, -0.2) is 25.5 Å². The molecule has 3 nitrogen and oxygen atoms in total. The second kappa shape index (κ2) is 5.46. The van der Waals surface area contributed by atoms with Gasteiger partial charge in [-0.2, -0.15) is 0 Å². The van der Waals surface area contributed by atoms with Crippen molar-refractivity contribution in [3.05, 3.63) is 34.3 Å². The van der Waals surface area contributed by atoms with Gasteiger partial charge in [0.2, 0.25) is 5.91 Å². The fraction of sp³-hybridized carbons (Fsp3) is 0.417. The molecular weight excluding hydrogens is 268 g/mol. The van der Waals surface area contributed by atoms with Crippen molar-refractivity contribution in [1.29, 1.82) is 0 Å². The zero-order valence-electron chi connectivity index (χ0n) is 9.00. The maximum atomic E-state index is 11.7. The van der Waals surface area contributed by atoms with Crippen LogP contribution in [0.3, 0.4) is 0 Å². The molecule has 1 aromatic rings. The average Bonchev–Trinajstić information content (AvgIpc) is 2.19. The molecule has 1 saturated heterocycles. The molecule has 2 rings (SSSR count). The van der Waals surface area contributed by atoms with Crippen LogP contribution in [0.4, 0.5) is 0 Å². The fourth-order valence-electron chi connectivity index (χ4n) is 1.63. The molecule has 0 saturated carbocycles. The quantitative estimate of drug-likeness (QED) is 0.875. The Labute approximate surface area is 104 Å². The minimum Gasteiger partial charge on any atom is -0.355 e. The van der Waals surface area contributed by atoms with Gasteiger partial charge in [-0.1, -0.05) is 34.1 Å². The van der Waals surface area contributed by atoms with Crippen LogP contribution in [0.5, 0.6) is 0 Å². The van der Waals surface area contributed by atoms with Gasteiger partial charge in [0, 0.05) is 30.0 Å². The Bertz CT molecular complexity index is 377. The minimum absolute atomic E-state index is 0.0961. The van der Waals surface area contributed by atoms with Crippen molar-refractivity contribution >= 4 is 21.8 Å². The van der Waals surface area contributed by atoms with E-state index in [0.717, 1.165) is 29.7 Å². The van der Waals surface area contributed by atoms with E-state index in [9.17, 15) is 4.79 Å². The minimum atomic E-state index is 0.0961. The number of amides is 1. The summed E-state index contributed by atoms with van der Waals surface area (Å²) in [5.74, 6) is 0.710. The topological polar surface area (TPSA) is 41.1 Å². The number of halogens is 1. The second-order valence-corrected chi connectivity index (χ2v) is 4.95. The van der Waals surface area contributed by atoms with E-state index < -0.39 is 0 Å². The zero-order chi connectivity index (χ0) is 11.4. The summed E-state index contributed by atoms with van der Waals surface area (Å²) in [4.78, 5) is 11.7. The summed E-state index contributed by atoms with van der Waals surface area (Å²) in [6.45, 7) is 2.83. The standard InChI is InChI=1S/C12H15BrN2O/c13-11-4-2-1-3-10(11)5-12(16)15-8-9-6-14-7-9/h1-4,9,14H,5-8H2,(H,15,16). The van der Waals surface area contributed by atoms with Crippen LogP contribution in [0.15, 0.2) is 28.7 Å². The van der Waals surface area contributed by atoms with Crippen LogP contribution in [0.2, 0.25) is 0 Å². The summed E-state index contributed by atoms with van der Waals surface area (Å²) in [5, 5.41) is 6.15. The van der Waals surface area contributed by atoms with Gasteiger partial charge in [0.25, 0.3) is 0 Å². The van der Waals surface area contributed by atoms with Gasteiger partial charge >= 0.3 is 0 Å². The Balaban J connectivity index is 1.80. The summed E-state index contributed by atoms with van der Waals surface area (Å²) < 4.78 is 0.996. The Morgan fingerprint density at radius 2 is 2.19 bits per heavy atom. The van der Waals surface area contributed by atoms with E-state index in [0.29, 0.717) is 12.3 Å². The number of carbonyl (C=O) groups is 1. The number of benzene rings is 1. The van der Waals surface area contributed by atoms with Gasteiger partial charge in [-0.15, -0.1) is 0 Å². The summed E-state index contributed by atoms with van der Waals surface area (Å²) in [5.41, 5.74) is 1.03. The van der Waals surface area contributed by atoms with E-state index in [1.807, 2.05) is 24.3 Å². The molecule has 0 unspecified atom stereocenters. The van der Waals surface area contributed by atoms with E-state index in [1.54, 1.807) is 0 Å². The van der Waals surface area contributed by atoms with Gasteiger partial charge in [0.1, 0.15) is 0 Å². The molecule has 0 atom stereocenters. The van der Waals surface area contributed by atoms with Crippen molar-refractivity contribution in [2.75, 3.05) is 19.6 Å². The van der Waals surface area contributed by atoms with Crippen LogP contribution in [-0.2, 0) is 11.2 Å². The molecule has 0 aliphatic carbocycles. The first kappa shape index (κ1) is 11.6. The van der Waals surface area contributed by atoms with Crippen LogP contribution in [0.25, 0.3) is 0 Å². The molecule has 0 aromatic heterocycles. The molecule has 2 N–H and O–H groups in total. The smallest absolute Gasteiger partial charge is 0.224 e. The monoisotopic (exact) mass is 282 g/mol. The molecule has 86 valence electrons. The van der Waals surface area contributed by atoms with E-state index in [-0.39, 0.29) is 5.91 Å². The summed E-state index contributed by atoms with van der Waals surface area (Å²) >= 11 is 3.44. The lowest BCUT2D eigenvalue weighted by Gasteiger charge is -2.27. The third-order valence-corrected chi connectivity index (χ3v) is 3.54. The number of hydrogen-bond acceptors (Lipinski definition) is 2. The highest BCUT2D eigenvalue weighted by atomic mass is 79.9. The summed E-state index contributed by atoms with van der Waals surface area (Å²) in [6.07, 6.45) is 0.446.